The van der Waals surface area contributed by atoms with Crippen molar-refractivity contribution in [2.75, 3.05) is 18.4 Å². The van der Waals surface area contributed by atoms with Gasteiger partial charge in [-0.05, 0) is 38.8 Å². The number of amides is 1. The second-order valence-electron chi connectivity index (χ2n) is 5.95. The number of carbonyl (C=O) groups is 2. The lowest BCUT2D eigenvalue weighted by Crippen LogP contribution is -2.28. The Balaban J connectivity index is 1.84. The van der Waals surface area contributed by atoms with E-state index in [0.717, 1.165) is 31.6 Å². The van der Waals surface area contributed by atoms with E-state index >= 15 is 0 Å². The number of nitrogens with one attached hydrogen (secondary N) is 1. The summed E-state index contributed by atoms with van der Waals surface area (Å²) in [5, 5.41) is 3.15. The molecule has 1 aliphatic rings. The summed E-state index contributed by atoms with van der Waals surface area (Å²) in [5.41, 5.74) is 1.77. The standard InChI is InChI=1S/C18H20N4O2/c1-12(23)14-6-5-7-15(10-14)21-17-11-16(19-13(2)20-17)18(24)22-8-3-4-9-22/h5-7,10-11H,3-4,8-9H2,1-2H3,(H,19,20,21). The third-order valence-corrected chi connectivity index (χ3v) is 3.99. The van der Waals surface area contributed by atoms with Crippen molar-refractivity contribution in [3.8, 4) is 0 Å². The van der Waals surface area contributed by atoms with Crippen molar-refractivity contribution in [2.24, 2.45) is 0 Å². The third-order valence-electron chi connectivity index (χ3n) is 3.99. The second kappa shape index (κ2) is 6.78. The molecule has 1 saturated heterocycles. The molecule has 3 rings (SSSR count). The SMILES string of the molecule is CC(=O)c1cccc(Nc2cc(C(=O)N3CCCC3)nc(C)n2)c1. The minimum absolute atomic E-state index is 0.00224. The van der Waals surface area contributed by atoms with Gasteiger partial charge in [-0.1, -0.05) is 12.1 Å². The van der Waals surface area contributed by atoms with Crippen LogP contribution in [0.15, 0.2) is 30.3 Å². The molecule has 1 N–H and O–H groups in total. The van der Waals surface area contributed by atoms with Gasteiger partial charge in [-0.15, -0.1) is 0 Å². The maximum absolute atomic E-state index is 12.5. The van der Waals surface area contributed by atoms with Gasteiger partial charge in [0.25, 0.3) is 5.91 Å². The van der Waals surface area contributed by atoms with Gasteiger partial charge in [-0.25, -0.2) is 9.97 Å². The minimum Gasteiger partial charge on any atom is -0.340 e. The summed E-state index contributed by atoms with van der Waals surface area (Å²) in [6, 6.07) is 8.85. The Morgan fingerprint density at radius 2 is 1.88 bits per heavy atom. The number of Topliss-reactive ketones (excluding diaryl/α,β-unsaturated/α-hetero) is 1. The fourth-order valence-corrected chi connectivity index (χ4v) is 2.79. The molecule has 1 amide bonds. The van der Waals surface area contributed by atoms with E-state index in [2.05, 4.69) is 15.3 Å². The molecule has 0 radical (unpaired) electrons. The van der Waals surface area contributed by atoms with Gasteiger partial charge in [-0.2, -0.15) is 0 Å². The van der Waals surface area contributed by atoms with Crippen LogP contribution in [0.1, 0.15) is 46.4 Å². The van der Waals surface area contributed by atoms with E-state index < -0.39 is 0 Å². The van der Waals surface area contributed by atoms with Gasteiger partial charge in [0.1, 0.15) is 17.3 Å². The Morgan fingerprint density at radius 3 is 2.58 bits per heavy atom. The van der Waals surface area contributed by atoms with Crippen LogP contribution < -0.4 is 5.32 Å². The molecule has 1 aromatic carbocycles. The fourth-order valence-electron chi connectivity index (χ4n) is 2.79. The van der Waals surface area contributed by atoms with Gasteiger partial charge in [0.15, 0.2) is 5.78 Å². The predicted molar refractivity (Wildman–Crippen MR) is 91.6 cm³/mol. The van der Waals surface area contributed by atoms with Crippen molar-refractivity contribution < 1.29 is 9.59 Å². The Bertz CT molecular complexity index is 782. The quantitative estimate of drug-likeness (QED) is 0.875. The van der Waals surface area contributed by atoms with Crippen LogP contribution in [0.4, 0.5) is 11.5 Å². The van der Waals surface area contributed by atoms with Gasteiger partial charge >= 0.3 is 0 Å². The smallest absolute Gasteiger partial charge is 0.272 e. The van der Waals surface area contributed by atoms with Crippen molar-refractivity contribution in [2.45, 2.75) is 26.7 Å². The Labute approximate surface area is 140 Å². The number of benzene rings is 1. The van der Waals surface area contributed by atoms with Crippen LogP contribution in [-0.4, -0.2) is 39.6 Å². The lowest BCUT2D eigenvalue weighted by Gasteiger charge is -2.15. The number of hydrogen-bond donors (Lipinski definition) is 1. The van der Waals surface area contributed by atoms with Crippen molar-refractivity contribution in [3.05, 3.63) is 47.4 Å². The summed E-state index contributed by atoms with van der Waals surface area (Å²) < 4.78 is 0. The van der Waals surface area contributed by atoms with Crippen LogP contribution in [0.25, 0.3) is 0 Å². The zero-order valence-electron chi connectivity index (χ0n) is 13.9. The van der Waals surface area contributed by atoms with Crippen molar-refractivity contribution in [1.29, 1.82) is 0 Å². The monoisotopic (exact) mass is 324 g/mol. The van der Waals surface area contributed by atoms with Crippen LogP contribution in [0.5, 0.6) is 0 Å². The zero-order chi connectivity index (χ0) is 17.1. The Morgan fingerprint density at radius 1 is 1.12 bits per heavy atom. The topological polar surface area (TPSA) is 75.2 Å². The van der Waals surface area contributed by atoms with Gasteiger partial charge in [-0.3, -0.25) is 9.59 Å². The molecule has 0 bridgehead atoms. The van der Waals surface area contributed by atoms with Crippen molar-refractivity contribution in [3.63, 3.8) is 0 Å². The van der Waals surface area contributed by atoms with Crippen LogP contribution >= 0.6 is 0 Å². The molecule has 0 unspecified atom stereocenters. The van der Waals surface area contributed by atoms with E-state index in [1.165, 1.54) is 6.92 Å². The number of carbonyl (C=O) groups excluding carboxylic acids is 2. The molecule has 0 saturated carbocycles. The van der Waals surface area contributed by atoms with E-state index in [4.69, 9.17) is 0 Å². The molecular formula is C18H20N4O2. The molecule has 2 aromatic rings. The number of rotatable bonds is 4. The molecule has 124 valence electrons. The lowest BCUT2D eigenvalue weighted by atomic mass is 10.1. The Kier molecular flexibility index (Phi) is 4.55. The highest BCUT2D eigenvalue weighted by molar-refractivity contribution is 5.95. The number of ketones is 1. The minimum atomic E-state index is -0.0569. The van der Waals surface area contributed by atoms with Gasteiger partial charge in [0.2, 0.25) is 0 Å². The van der Waals surface area contributed by atoms with Crippen molar-refractivity contribution in [1.82, 2.24) is 14.9 Å². The van der Waals surface area contributed by atoms with Gasteiger partial charge in [0, 0.05) is 30.4 Å². The van der Waals surface area contributed by atoms with Gasteiger partial charge < -0.3 is 10.2 Å². The summed E-state index contributed by atoms with van der Waals surface area (Å²) in [6.07, 6.45) is 2.08. The number of aryl methyl sites for hydroxylation is 1. The average molecular weight is 324 g/mol. The van der Waals surface area contributed by atoms with E-state index in [1.54, 1.807) is 25.1 Å². The van der Waals surface area contributed by atoms with Crippen LogP contribution in [0.3, 0.4) is 0 Å². The van der Waals surface area contributed by atoms with E-state index in [-0.39, 0.29) is 11.7 Å². The summed E-state index contributed by atoms with van der Waals surface area (Å²) in [4.78, 5) is 34.4. The molecule has 1 aromatic heterocycles. The molecule has 6 nitrogen and oxygen atoms in total. The highest BCUT2D eigenvalue weighted by atomic mass is 16.2. The summed E-state index contributed by atoms with van der Waals surface area (Å²) in [5.74, 6) is 1.02. The fraction of sp³-hybridized carbons (Fsp3) is 0.333. The number of aromatic nitrogens is 2. The number of nitrogens with zero attached hydrogens (tertiary/aromatic N) is 3. The molecule has 2 heterocycles. The molecule has 24 heavy (non-hydrogen) atoms. The highest BCUT2D eigenvalue weighted by Crippen LogP contribution is 2.19. The first kappa shape index (κ1) is 16.1. The van der Waals surface area contributed by atoms with E-state index in [1.807, 2.05) is 17.0 Å². The zero-order valence-corrected chi connectivity index (χ0v) is 13.9. The van der Waals surface area contributed by atoms with Crippen molar-refractivity contribution >= 4 is 23.2 Å². The number of anilines is 2. The molecule has 0 aliphatic carbocycles. The largest absolute Gasteiger partial charge is 0.340 e. The summed E-state index contributed by atoms with van der Waals surface area (Å²) >= 11 is 0. The van der Waals surface area contributed by atoms with Gasteiger partial charge in [0.05, 0.1) is 0 Å². The first-order chi connectivity index (χ1) is 11.5. The van der Waals surface area contributed by atoms with E-state index in [0.29, 0.717) is 22.9 Å². The number of likely N-dealkylation sites (tertiary alicyclic amines) is 1. The molecule has 0 atom stereocenters. The Hall–Kier alpha value is -2.76. The highest BCUT2D eigenvalue weighted by Gasteiger charge is 2.21. The summed E-state index contributed by atoms with van der Waals surface area (Å²) in [6.45, 7) is 4.86. The van der Waals surface area contributed by atoms with Crippen LogP contribution in [-0.2, 0) is 0 Å². The molecular weight excluding hydrogens is 304 g/mol. The molecule has 6 heteroatoms. The molecule has 1 fully saturated rings. The first-order valence-electron chi connectivity index (χ1n) is 8.06. The predicted octanol–water partition coefficient (Wildman–Crippen LogP) is 2.97. The maximum Gasteiger partial charge on any atom is 0.272 e. The maximum atomic E-state index is 12.5. The number of hydrogen-bond acceptors (Lipinski definition) is 5. The molecule has 1 aliphatic heterocycles. The third kappa shape index (κ3) is 3.59. The van der Waals surface area contributed by atoms with Crippen LogP contribution in [0.2, 0.25) is 0 Å². The first-order valence-corrected chi connectivity index (χ1v) is 8.06. The van der Waals surface area contributed by atoms with E-state index in [9.17, 15) is 9.59 Å². The average Bonchev–Trinajstić information content (AvgIpc) is 3.08. The lowest BCUT2D eigenvalue weighted by molar-refractivity contribution is 0.0786. The molecule has 0 spiro atoms. The summed E-state index contributed by atoms with van der Waals surface area (Å²) in [7, 11) is 0. The second-order valence-corrected chi connectivity index (χ2v) is 5.95. The van der Waals surface area contributed by atoms with Crippen LogP contribution in [0, 0.1) is 6.92 Å². The normalized spacial score (nSPS) is 13.8.